The summed E-state index contributed by atoms with van der Waals surface area (Å²) >= 11 is 0. The van der Waals surface area contributed by atoms with E-state index in [1.165, 1.54) is 0 Å². The molecule has 0 aliphatic carbocycles. The maximum absolute atomic E-state index is 12.8. The fourth-order valence-electron chi connectivity index (χ4n) is 3.38. The molecule has 1 aromatic rings. The first-order valence-electron chi connectivity index (χ1n) is 9.46. The van der Waals surface area contributed by atoms with E-state index in [1.807, 2.05) is 35.0 Å². The number of carbonyl (C=O) groups excluding carboxylic acids is 2. The van der Waals surface area contributed by atoms with Crippen molar-refractivity contribution in [1.82, 2.24) is 15.1 Å². The maximum Gasteiger partial charge on any atom is 0.253 e. The van der Waals surface area contributed by atoms with Crippen molar-refractivity contribution < 1.29 is 9.59 Å². The van der Waals surface area contributed by atoms with Gasteiger partial charge >= 0.3 is 0 Å². The lowest BCUT2D eigenvalue weighted by atomic mass is 10.0. The van der Waals surface area contributed by atoms with Crippen LogP contribution >= 0.6 is 0 Å². The fraction of sp³-hybridized carbons (Fsp3) is 0.600. The number of nitrogens with one attached hydrogen (secondary N) is 1. The van der Waals surface area contributed by atoms with Crippen molar-refractivity contribution in [3.8, 4) is 0 Å². The minimum absolute atomic E-state index is 0.0206. The molecular formula is C20H31N3O2. The Morgan fingerprint density at radius 3 is 2.28 bits per heavy atom. The van der Waals surface area contributed by atoms with E-state index in [2.05, 4.69) is 19.2 Å². The van der Waals surface area contributed by atoms with Gasteiger partial charge in [0.1, 0.15) is 0 Å². The highest BCUT2D eigenvalue weighted by Crippen LogP contribution is 2.16. The van der Waals surface area contributed by atoms with E-state index in [1.54, 1.807) is 6.07 Å². The van der Waals surface area contributed by atoms with E-state index in [4.69, 9.17) is 0 Å². The predicted molar refractivity (Wildman–Crippen MR) is 101 cm³/mol. The topological polar surface area (TPSA) is 52.7 Å². The van der Waals surface area contributed by atoms with Crippen LogP contribution in [0.25, 0.3) is 0 Å². The Morgan fingerprint density at radius 2 is 1.72 bits per heavy atom. The van der Waals surface area contributed by atoms with E-state index >= 15 is 0 Å². The molecule has 1 heterocycles. The lowest BCUT2D eigenvalue weighted by Crippen LogP contribution is -2.44. The second-order valence-corrected chi connectivity index (χ2v) is 6.73. The van der Waals surface area contributed by atoms with E-state index in [0.29, 0.717) is 17.2 Å². The Kier molecular flexibility index (Phi) is 7.44. The van der Waals surface area contributed by atoms with Crippen LogP contribution in [0, 0.1) is 0 Å². The van der Waals surface area contributed by atoms with Gasteiger partial charge in [-0.15, -0.1) is 0 Å². The minimum Gasteiger partial charge on any atom is -0.339 e. The Morgan fingerprint density at radius 1 is 1.12 bits per heavy atom. The molecule has 138 valence electrons. The van der Waals surface area contributed by atoms with Crippen LogP contribution in [-0.4, -0.2) is 60.9 Å². The summed E-state index contributed by atoms with van der Waals surface area (Å²) in [7, 11) is 1.97. The molecule has 0 bridgehead atoms. The highest BCUT2D eigenvalue weighted by Gasteiger charge is 2.23. The van der Waals surface area contributed by atoms with Crippen molar-refractivity contribution in [1.29, 1.82) is 0 Å². The molecule has 0 radical (unpaired) electrons. The molecule has 0 unspecified atom stereocenters. The van der Waals surface area contributed by atoms with Gasteiger partial charge in [0.15, 0.2) is 0 Å². The number of nitrogens with zero attached hydrogens (tertiary/aromatic N) is 2. The fourth-order valence-corrected chi connectivity index (χ4v) is 3.38. The lowest BCUT2D eigenvalue weighted by Gasteiger charge is -2.32. The van der Waals surface area contributed by atoms with Crippen LogP contribution in [0.3, 0.4) is 0 Å². The summed E-state index contributed by atoms with van der Waals surface area (Å²) in [5.41, 5.74) is 1.22. The number of rotatable bonds is 7. The number of carbonyl (C=O) groups is 2. The molecular weight excluding hydrogens is 314 g/mol. The zero-order valence-electron chi connectivity index (χ0n) is 15.8. The molecule has 2 amide bonds. The molecule has 1 fully saturated rings. The van der Waals surface area contributed by atoms with Gasteiger partial charge in [-0.3, -0.25) is 9.59 Å². The van der Waals surface area contributed by atoms with Gasteiger partial charge in [0.25, 0.3) is 11.8 Å². The van der Waals surface area contributed by atoms with Gasteiger partial charge in [-0.2, -0.15) is 0 Å². The van der Waals surface area contributed by atoms with Crippen LogP contribution in [0.4, 0.5) is 0 Å². The lowest BCUT2D eigenvalue weighted by molar-refractivity contribution is 0.0707. The van der Waals surface area contributed by atoms with Gasteiger partial charge in [-0.25, -0.2) is 0 Å². The highest BCUT2D eigenvalue weighted by atomic mass is 16.2. The molecule has 5 heteroatoms. The predicted octanol–water partition coefficient (Wildman–Crippen LogP) is 2.77. The third-order valence-electron chi connectivity index (χ3n) is 4.82. The van der Waals surface area contributed by atoms with Gasteiger partial charge < -0.3 is 15.1 Å². The summed E-state index contributed by atoms with van der Waals surface area (Å²) in [6.45, 7) is 7.18. The maximum atomic E-state index is 12.8. The molecule has 1 aliphatic heterocycles. The first-order chi connectivity index (χ1) is 12.1. The van der Waals surface area contributed by atoms with Crippen LogP contribution in [0.5, 0.6) is 0 Å². The first-order valence-corrected chi connectivity index (χ1v) is 9.46. The second-order valence-electron chi connectivity index (χ2n) is 6.73. The van der Waals surface area contributed by atoms with Crippen molar-refractivity contribution in [2.75, 3.05) is 33.2 Å². The minimum atomic E-state index is 0.0206. The van der Waals surface area contributed by atoms with Gasteiger partial charge in [-0.1, -0.05) is 19.9 Å². The number of likely N-dealkylation sites (tertiary alicyclic amines) is 1. The molecule has 1 saturated heterocycles. The van der Waals surface area contributed by atoms with Crippen molar-refractivity contribution >= 4 is 11.8 Å². The Bertz CT molecular complexity index is 574. The van der Waals surface area contributed by atoms with Gasteiger partial charge in [0.2, 0.25) is 0 Å². The normalized spacial score (nSPS) is 15.2. The molecule has 0 aromatic heterocycles. The number of piperidine rings is 1. The number of benzene rings is 1. The number of amides is 2. The van der Waals surface area contributed by atoms with Crippen LogP contribution in [0.1, 0.15) is 60.2 Å². The van der Waals surface area contributed by atoms with Crippen LogP contribution in [0.2, 0.25) is 0 Å². The van der Waals surface area contributed by atoms with Crippen molar-refractivity contribution in [3.05, 3.63) is 35.4 Å². The van der Waals surface area contributed by atoms with E-state index in [-0.39, 0.29) is 11.8 Å². The number of hydrogen-bond donors (Lipinski definition) is 1. The van der Waals surface area contributed by atoms with Crippen molar-refractivity contribution in [2.45, 2.75) is 45.6 Å². The Labute approximate surface area is 151 Å². The van der Waals surface area contributed by atoms with Gasteiger partial charge in [0.05, 0.1) is 0 Å². The summed E-state index contributed by atoms with van der Waals surface area (Å²) in [5, 5.41) is 3.28. The van der Waals surface area contributed by atoms with Crippen molar-refractivity contribution in [2.24, 2.45) is 0 Å². The third kappa shape index (κ3) is 5.05. The van der Waals surface area contributed by atoms with Crippen molar-refractivity contribution in [3.63, 3.8) is 0 Å². The molecule has 25 heavy (non-hydrogen) atoms. The summed E-state index contributed by atoms with van der Waals surface area (Å²) < 4.78 is 0. The van der Waals surface area contributed by atoms with Crippen LogP contribution < -0.4 is 5.32 Å². The highest BCUT2D eigenvalue weighted by molar-refractivity contribution is 5.99. The van der Waals surface area contributed by atoms with E-state index in [9.17, 15) is 9.59 Å². The molecule has 1 N–H and O–H groups in total. The summed E-state index contributed by atoms with van der Waals surface area (Å²) in [6.07, 6.45) is 3.82. The van der Waals surface area contributed by atoms with Gasteiger partial charge in [0, 0.05) is 43.3 Å². The average Bonchev–Trinajstić information content (AvgIpc) is 2.67. The van der Waals surface area contributed by atoms with Crippen LogP contribution in [-0.2, 0) is 0 Å². The standard InChI is InChI=1S/C20H31N3O2/c1-4-11-22(12-5-2)19(24)16-7-6-8-17(15-16)20(25)23-13-9-18(21-3)10-14-23/h6-8,15,18,21H,4-5,9-14H2,1-3H3. The molecule has 0 atom stereocenters. The molecule has 0 saturated carbocycles. The second kappa shape index (κ2) is 9.56. The number of hydrogen-bond acceptors (Lipinski definition) is 3. The Balaban J connectivity index is 2.09. The smallest absolute Gasteiger partial charge is 0.253 e. The largest absolute Gasteiger partial charge is 0.339 e. The SMILES string of the molecule is CCCN(CCC)C(=O)c1cccc(C(=O)N2CCC(NC)CC2)c1. The quantitative estimate of drug-likeness (QED) is 0.827. The van der Waals surface area contributed by atoms with E-state index < -0.39 is 0 Å². The zero-order valence-corrected chi connectivity index (χ0v) is 15.8. The summed E-state index contributed by atoms with van der Waals surface area (Å²) in [4.78, 5) is 29.3. The summed E-state index contributed by atoms with van der Waals surface area (Å²) in [6, 6.07) is 7.69. The van der Waals surface area contributed by atoms with Gasteiger partial charge in [-0.05, 0) is 50.9 Å². The van der Waals surface area contributed by atoms with E-state index in [0.717, 1.165) is 51.9 Å². The third-order valence-corrected chi connectivity index (χ3v) is 4.82. The molecule has 0 spiro atoms. The molecule has 2 rings (SSSR count). The molecule has 5 nitrogen and oxygen atoms in total. The monoisotopic (exact) mass is 345 g/mol. The summed E-state index contributed by atoms with van der Waals surface area (Å²) in [5.74, 6) is 0.0500. The molecule has 1 aliphatic rings. The first kappa shape index (κ1) is 19.4. The van der Waals surface area contributed by atoms with Crippen LogP contribution in [0.15, 0.2) is 24.3 Å². The molecule has 1 aromatic carbocycles. The zero-order chi connectivity index (χ0) is 18.2. The average molecular weight is 345 g/mol. The Hall–Kier alpha value is -1.88.